The van der Waals surface area contributed by atoms with Crippen molar-refractivity contribution in [3.05, 3.63) is 10.6 Å². The van der Waals surface area contributed by atoms with Crippen LogP contribution in [0.4, 0.5) is 5.13 Å². The van der Waals surface area contributed by atoms with Gasteiger partial charge in [0.05, 0.1) is 5.69 Å². The van der Waals surface area contributed by atoms with Crippen LogP contribution in [0.5, 0.6) is 0 Å². The first-order valence-corrected chi connectivity index (χ1v) is 8.33. The molecule has 19 heavy (non-hydrogen) atoms. The second-order valence-electron chi connectivity index (χ2n) is 5.79. The highest BCUT2D eigenvalue weighted by Gasteiger charge is 2.24. The highest BCUT2D eigenvalue weighted by atomic mass is 32.1. The van der Waals surface area contributed by atoms with Crippen molar-refractivity contribution in [3.8, 4) is 0 Å². The van der Waals surface area contributed by atoms with Gasteiger partial charge in [-0.15, -0.1) is 11.3 Å². The van der Waals surface area contributed by atoms with Crippen molar-refractivity contribution in [1.29, 1.82) is 0 Å². The molecular formula is C15H27N3S. The molecule has 0 aliphatic heterocycles. The molecule has 3 nitrogen and oxygen atoms in total. The van der Waals surface area contributed by atoms with Gasteiger partial charge in [-0.1, -0.05) is 26.7 Å². The molecular weight excluding hydrogens is 254 g/mol. The van der Waals surface area contributed by atoms with Gasteiger partial charge in [0.1, 0.15) is 0 Å². The lowest BCUT2D eigenvalue weighted by Crippen LogP contribution is -2.35. The Morgan fingerprint density at radius 1 is 1.42 bits per heavy atom. The molecule has 0 saturated heterocycles. The topological polar surface area (TPSA) is 28.2 Å². The van der Waals surface area contributed by atoms with Crippen LogP contribution in [-0.2, 0) is 13.0 Å². The first-order chi connectivity index (χ1) is 9.15. The Morgan fingerprint density at radius 2 is 2.21 bits per heavy atom. The molecule has 0 radical (unpaired) electrons. The molecule has 1 fully saturated rings. The van der Waals surface area contributed by atoms with Crippen molar-refractivity contribution < 1.29 is 0 Å². The molecule has 2 unspecified atom stereocenters. The van der Waals surface area contributed by atoms with Crippen LogP contribution in [0.2, 0.25) is 0 Å². The number of aryl methyl sites for hydroxylation is 1. The maximum absolute atomic E-state index is 4.85. The Hall–Kier alpha value is -0.610. The minimum Gasteiger partial charge on any atom is -0.348 e. The summed E-state index contributed by atoms with van der Waals surface area (Å²) in [5, 5.41) is 4.46. The average molecular weight is 281 g/mol. The fraction of sp³-hybridized carbons (Fsp3) is 0.800. The van der Waals surface area contributed by atoms with Crippen LogP contribution >= 0.6 is 11.3 Å². The molecule has 1 saturated carbocycles. The van der Waals surface area contributed by atoms with E-state index < -0.39 is 0 Å². The predicted molar refractivity (Wildman–Crippen MR) is 84.1 cm³/mol. The maximum Gasteiger partial charge on any atom is 0.185 e. The lowest BCUT2D eigenvalue weighted by Gasteiger charge is -2.33. The van der Waals surface area contributed by atoms with Crippen LogP contribution in [0.25, 0.3) is 0 Å². The highest BCUT2D eigenvalue weighted by Crippen LogP contribution is 2.33. The summed E-state index contributed by atoms with van der Waals surface area (Å²) in [4.78, 5) is 8.68. The summed E-state index contributed by atoms with van der Waals surface area (Å²) < 4.78 is 0. The Bertz CT molecular complexity index is 402. The van der Waals surface area contributed by atoms with Crippen LogP contribution in [0.1, 0.15) is 50.1 Å². The van der Waals surface area contributed by atoms with Gasteiger partial charge in [-0.2, -0.15) is 0 Å². The van der Waals surface area contributed by atoms with E-state index in [1.54, 1.807) is 0 Å². The summed E-state index contributed by atoms with van der Waals surface area (Å²) in [6.45, 7) is 5.52. The summed E-state index contributed by atoms with van der Waals surface area (Å²) in [7, 11) is 4.23. The van der Waals surface area contributed by atoms with Gasteiger partial charge >= 0.3 is 0 Å². The second kappa shape index (κ2) is 6.71. The molecule has 1 aromatic heterocycles. The van der Waals surface area contributed by atoms with Crippen LogP contribution in [-0.4, -0.2) is 25.1 Å². The summed E-state index contributed by atoms with van der Waals surface area (Å²) in [5.74, 6) is 0.864. The van der Waals surface area contributed by atoms with Gasteiger partial charge in [-0.25, -0.2) is 4.98 Å². The molecule has 1 N–H and O–H groups in total. The lowest BCUT2D eigenvalue weighted by molar-refractivity contribution is 0.336. The Balaban J connectivity index is 2.11. The number of thiazole rings is 1. The SMILES string of the molecule is CCc1nc(N(C)C2CCCC(C)C2)sc1CNC. The fourth-order valence-corrected chi connectivity index (χ4v) is 4.20. The van der Waals surface area contributed by atoms with Gasteiger partial charge in [0, 0.05) is 24.5 Å². The van der Waals surface area contributed by atoms with Crippen molar-refractivity contribution in [2.75, 3.05) is 19.0 Å². The molecule has 0 amide bonds. The lowest BCUT2D eigenvalue weighted by atomic mass is 9.86. The third kappa shape index (κ3) is 3.48. The molecule has 1 aliphatic carbocycles. The monoisotopic (exact) mass is 281 g/mol. The van der Waals surface area contributed by atoms with E-state index in [1.165, 1.54) is 41.4 Å². The van der Waals surface area contributed by atoms with E-state index in [1.807, 2.05) is 18.4 Å². The van der Waals surface area contributed by atoms with Crippen molar-refractivity contribution in [3.63, 3.8) is 0 Å². The average Bonchev–Trinajstić information content (AvgIpc) is 2.81. The maximum atomic E-state index is 4.85. The van der Waals surface area contributed by atoms with E-state index in [-0.39, 0.29) is 0 Å². The third-order valence-electron chi connectivity index (χ3n) is 4.20. The third-order valence-corrected chi connectivity index (χ3v) is 5.39. The summed E-state index contributed by atoms with van der Waals surface area (Å²) in [6.07, 6.45) is 6.43. The Morgan fingerprint density at radius 3 is 2.84 bits per heavy atom. The quantitative estimate of drug-likeness (QED) is 0.896. The van der Waals surface area contributed by atoms with E-state index in [2.05, 4.69) is 31.1 Å². The van der Waals surface area contributed by atoms with Crippen molar-refractivity contribution in [2.24, 2.45) is 5.92 Å². The summed E-state index contributed by atoms with van der Waals surface area (Å²) >= 11 is 1.86. The van der Waals surface area contributed by atoms with Crippen molar-refractivity contribution in [2.45, 2.75) is 58.5 Å². The summed E-state index contributed by atoms with van der Waals surface area (Å²) in [5.41, 5.74) is 1.27. The minimum absolute atomic E-state index is 0.682. The van der Waals surface area contributed by atoms with Gasteiger partial charge < -0.3 is 10.2 Å². The van der Waals surface area contributed by atoms with E-state index in [0.29, 0.717) is 6.04 Å². The van der Waals surface area contributed by atoms with Gasteiger partial charge in [-0.05, 0) is 32.2 Å². The number of rotatable bonds is 5. The van der Waals surface area contributed by atoms with Crippen LogP contribution < -0.4 is 10.2 Å². The van der Waals surface area contributed by atoms with Gasteiger partial charge in [-0.3, -0.25) is 0 Å². The molecule has 1 heterocycles. The number of hydrogen-bond donors (Lipinski definition) is 1. The van der Waals surface area contributed by atoms with Crippen LogP contribution in [0.15, 0.2) is 0 Å². The van der Waals surface area contributed by atoms with E-state index in [9.17, 15) is 0 Å². The standard InChI is InChI=1S/C15H27N3S/c1-5-13-14(10-16-3)19-15(17-13)18(4)12-8-6-7-11(2)9-12/h11-12,16H,5-10H2,1-4H3. The second-order valence-corrected chi connectivity index (χ2v) is 6.85. The number of nitrogens with zero attached hydrogens (tertiary/aromatic N) is 2. The summed E-state index contributed by atoms with van der Waals surface area (Å²) in [6, 6.07) is 0.682. The largest absolute Gasteiger partial charge is 0.348 e. The van der Waals surface area contributed by atoms with E-state index in [0.717, 1.165) is 18.9 Å². The number of aromatic nitrogens is 1. The Kier molecular flexibility index (Phi) is 5.22. The molecule has 2 atom stereocenters. The number of nitrogens with one attached hydrogen (secondary N) is 1. The van der Waals surface area contributed by atoms with E-state index in [4.69, 9.17) is 4.98 Å². The first-order valence-electron chi connectivity index (χ1n) is 7.51. The smallest absolute Gasteiger partial charge is 0.185 e. The molecule has 108 valence electrons. The molecule has 4 heteroatoms. The van der Waals surface area contributed by atoms with Crippen molar-refractivity contribution in [1.82, 2.24) is 10.3 Å². The first kappa shape index (κ1) is 14.8. The zero-order chi connectivity index (χ0) is 13.8. The zero-order valence-electron chi connectivity index (χ0n) is 12.7. The predicted octanol–water partition coefficient (Wildman–Crippen LogP) is 3.44. The van der Waals surface area contributed by atoms with Gasteiger partial charge in [0.25, 0.3) is 0 Å². The molecule has 0 bridgehead atoms. The van der Waals surface area contributed by atoms with Gasteiger partial charge in [0.2, 0.25) is 0 Å². The van der Waals surface area contributed by atoms with Crippen LogP contribution in [0, 0.1) is 5.92 Å². The number of hydrogen-bond acceptors (Lipinski definition) is 4. The fourth-order valence-electron chi connectivity index (χ4n) is 3.01. The Labute approximate surface area is 121 Å². The molecule has 0 aromatic carbocycles. The highest BCUT2D eigenvalue weighted by molar-refractivity contribution is 7.15. The van der Waals surface area contributed by atoms with E-state index >= 15 is 0 Å². The molecule has 2 rings (SSSR count). The normalized spacial score (nSPS) is 23.6. The molecule has 0 spiro atoms. The number of anilines is 1. The van der Waals surface area contributed by atoms with Crippen molar-refractivity contribution >= 4 is 16.5 Å². The zero-order valence-corrected chi connectivity index (χ0v) is 13.5. The minimum atomic E-state index is 0.682. The van der Waals surface area contributed by atoms with Gasteiger partial charge in [0.15, 0.2) is 5.13 Å². The van der Waals surface area contributed by atoms with Crippen LogP contribution in [0.3, 0.4) is 0 Å². The molecule has 1 aromatic rings. The molecule has 1 aliphatic rings.